The van der Waals surface area contributed by atoms with E-state index in [1.165, 1.54) is 10.7 Å². The van der Waals surface area contributed by atoms with Crippen molar-refractivity contribution in [3.8, 4) is 11.1 Å². The van der Waals surface area contributed by atoms with Gasteiger partial charge >= 0.3 is 0 Å². The van der Waals surface area contributed by atoms with Crippen molar-refractivity contribution in [1.29, 1.82) is 0 Å². The van der Waals surface area contributed by atoms with Crippen LogP contribution >= 0.6 is 0 Å². The van der Waals surface area contributed by atoms with Gasteiger partial charge in [0.05, 0.1) is 18.4 Å². The Kier molecular flexibility index (Phi) is 4.79. The summed E-state index contributed by atoms with van der Waals surface area (Å²) in [6.07, 6.45) is -0.184. The van der Waals surface area contributed by atoms with Crippen LogP contribution in [0.5, 0.6) is 0 Å². The van der Waals surface area contributed by atoms with Crippen LogP contribution in [0.25, 0.3) is 11.1 Å². The molecule has 2 aromatic carbocycles. The minimum atomic E-state index is -0.755. The minimum absolute atomic E-state index is 0.184. The van der Waals surface area contributed by atoms with E-state index < -0.39 is 6.04 Å². The van der Waals surface area contributed by atoms with Crippen LogP contribution in [0.15, 0.2) is 65.5 Å². The number of nitrogens with one attached hydrogen (secondary N) is 1. The number of fused-ring (bicyclic) bond motifs is 1. The second-order valence-electron chi connectivity index (χ2n) is 6.87. The van der Waals surface area contributed by atoms with Crippen LogP contribution in [0.2, 0.25) is 0 Å². The van der Waals surface area contributed by atoms with Crippen molar-refractivity contribution in [3.05, 3.63) is 82.3 Å². The maximum absolute atomic E-state index is 12.9. The zero-order valence-electron chi connectivity index (χ0n) is 15.8. The third-order valence-electron chi connectivity index (χ3n) is 4.96. The Labute approximate surface area is 162 Å². The third kappa shape index (κ3) is 3.34. The maximum Gasteiger partial charge on any atom is 0.267 e. The zero-order chi connectivity index (χ0) is 19.7. The van der Waals surface area contributed by atoms with Gasteiger partial charge in [0.1, 0.15) is 6.04 Å². The van der Waals surface area contributed by atoms with E-state index in [1.807, 2.05) is 61.5 Å². The lowest BCUT2D eigenvalue weighted by Gasteiger charge is -2.17. The van der Waals surface area contributed by atoms with Gasteiger partial charge in [-0.25, -0.2) is 4.68 Å². The molecule has 6 heteroatoms. The molecule has 0 fully saturated rings. The number of carbonyl (C=O) groups excluding carboxylic acids is 1. The minimum Gasteiger partial charge on any atom is -0.367 e. The molecule has 1 N–H and O–H groups in total. The fraction of sp³-hybridized carbons (Fsp3) is 0.227. The highest BCUT2D eigenvalue weighted by molar-refractivity contribution is 5.97. The molecular weight excluding hydrogens is 354 g/mol. The van der Waals surface area contributed by atoms with Crippen LogP contribution < -0.4 is 10.9 Å². The van der Waals surface area contributed by atoms with Gasteiger partial charge in [0.15, 0.2) is 0 Å². The number of nitrogens with zero attached hydrogens (tertiary/aromatic N) is 2. The van der Waals surface area contributed by atoms with E-state index in [2.05, 4.69) is 10.4 Å². The summed E-state index contributed by atoms with van der Waals surface area (Å²) < 4.78 is 6.75. The fourth-order valence-electron chi connectivity index (χ4n) is 3.36. The van der Waals surface area contributed by atoms with Crippen LogP contribution in [-0.2, 0) is 16.1 Å². The molecule has 1 aliphatic heterocycles. The second kappa shape index (κ2) is 7.40. The van der Waals surface area contributed by atoms with Gasteiger partial charge in [-0.2, -0.15) is 5.10 Å². The molecule has 6 nitrogen and oxygen atoms in total. The van der Waals surface area contributed by atoms with Gasteiger partial charge in [-0.1, -0.05) is 48.5 Å². The average molecular weight is 375 g/mol. The van der Waals surface area contributed by atoms with Crippen molar-refractivity contribution in [2.45, 2.75) is 32.6 Å². The van der Waals surface area contributed by atoms with Gasteiger partial charge in [0, 0.05) is 22.9 Å². The molecular formula is C22H21N3O3. The van der Waals surface area contributed by atoms with Crippen molar-refractivity contribution < 1.29 is 9.53 Å². The summed E-state index contributed by atoms with van der Waals surface area (Å²) in [5, 5.41) is 7.34. The molecule has 2 heterocycles. The molecule has 28 heavy (non-hydrogen) atoms. The van der Waals surface area contributed by atoms with Crippen LogP contribution in [-0.4, -0.2) is 15.7 Å². The van der Waals surface area contributed by atoms with Crippen molar-refractivity contribution >= 4 is 11.6 Å². The Morgan fingerprint density at radius 1 is 1.18 bits per heavy atom. The standard InChI is InChI=1S/C22H21N3O3/c1-14(25-20(26)12-17-13-28-15(2)21(17)24-25)22(27)23-19-11-7-6-10-18(19)16-8-4-3-5-9-16/h3-12,14-15H,13H2,1-2H3,(H,23,27). The summed E-state index contributed by atoms with van der Waals surface area (Å²) in [6, 6.07) is 18.2. The van der Waals surface area contributed by atoms with Gasteiger partial charge in [0.25, 0.3) is 5.56 Å². The summed E-state index contributed by atoms with van der Waals surface area (Å²) in [5.74, 6) is -0.301. The molecule has 0 bridgehead atoms. The second-order valence-corrected chi connectivity index (χ2v) is 6.87. The van der Waals surface area contributed by atoms with Crippen LogP contribution in [0.1, 0.15) is 37.3 Å². The fourth-order valence-corrected chi connectivity index (χ4v) is 3.36. The van der Waals surface area contributed by atoms with Crippen LogP contribution in [0.3, 0.4) is 0 Å². The van der Waals surface area contributed by atoms with Crippen molar-refractivity contribution in [1.82, 2.24) is 9.78 Å². The largest absolute Gasteiger partial charge is 0.367 e. The van der Waals surface area contributed by atoms with Gasteiger partial charge in [-0.15, -0.1) is 0 Å². The molecule has 0 aliphatic carbocycles. The Bertz CT molecular complexity index is 1080. The molecule has 0 radical (unpaired) electrons. The molecule has 1 aliphatic rings. The highest BCUT2D eigenvalue weighted by Crippen LogP contribution is 2.29. The van der Waals surface area contributed by atoms with E-state index in [0.29, 0.717) is 18.0 Å². The topological polar surface area (TPSA) is 73.2 Å². The number of anilines is 1. The van der Waals surface area contributed by atoms with E-state index in [4.69, 9.17) is 4.74 Å². The number of benzene rings is 2. The SMILES string of the molecule is CC1OCc2cc(=O)n(C(C)C(=O)Nc3ccccc3-c3ccccc3)nc21. The average Bonchev–Trinajstić information content (AvgIpc) is 3.07. The number of aromatic nitrogens is 2. The van der Waals surface area contributed by atoms with E-state index >= 15 is 0 Å². The van der Waals surface area contributed by atoms with Crippen LogP contribution in [0, 0.1) is 0 Å². The number of hydrogen-bond acceptors (Lipinski definition) is 4. The summed E-state index contributed by atoms with van der Waals surface area (Å²) in [6.45, 7) is 3.93. The first-order valence-electron chi connectivity index (χ1n) is 9.24. The number of hydrogen-bond donors (Lipinski definition) is 1. The molecule has 2 atom stereocenters. The third-order valence-corrected chi connectivity index (χ3v) is 4.96. The quantitative estimate of drug-likeness (QED) is 0.755. The summed E-state index contributed by atoms with van der Waals surface area (Å²) in [4.78, 5) is 25.3. The first-order chi connectivity index (χ1) is 13.5. The smallest absolute Gasteiger partial charge is 0.267 e. The monoisotopic (exact) mass is 375 g/mol. The number of ether oxygens (including phenoxy) is 1. The maximum atomic E-state index is 12.9. The van der Waals surface area contributed by atoms with E-state index in [0.717, 1.165) is 16.7 Å². The Hall–Kier alpha value is -3.25. The molecule has 142 valence electrons. The molecule has 4 rings (SSSR count). The van der Waals surface area contributed by atoms with E-state index in [-0.39, 0.29) is 17.6 Å². The highest BCUT2D eigenvalue weighted by atomic mass is 16.5. The Morgan fingerprint density at radius 3 is 2.68 bits per heavy atom. The lowest BCUT2D eigenvalue weighted by Crippen LogP contribution is -2.34. The first kappa shape index (κ1) is 18.1. The molecule has 2 unspecified atom stereocenters. The number of amides is 1. The van der Waals surface area contributed by atoms with Crippen molar-refractivity contribution in [3.63, 3.8) is 0 Å². The van der Waals surface area contributed by atoms with E-state index in [1.54, 1.807) is 6.92 Å². The normalized spacial score (nSPS) is 16.4. The molecule has 1 amide bonds. The van der Waals surface area contributed by atoms with Gasteiger partial charge in [-0.05, 0) is 25.5 Å². The number of carbonyl (C=O) groups is 1. The molecule has 3 aromatic rings. The summed E-state index contributed by atoms with van der Waals surface area (Å²) in [7, 11) is 0. The molecule has 0 spiro atoms. The first-order valence-corrected chi connectivity index (χ1v) is 9.24. The van der Waals surface area contributed by atoms with Crippen molar-refractivity contribution in [2.75, 3.05) is 5.32 Å². The van der Waals surface area contributed by atoms with Gasteiger partial charge in [0.2, 0.25) is 5.91 Å². The van der Waals surface area contributed by atoms with E-state index in [9.17, 15) is 9.59 Å². The predicted octanol–water partition coefficient (Wildman–Crippen LogP) is 3.70. The number of para-hydroxylation sites is 1. The molecule has 0 saturated heterocycles. The lowest BCUT2D eigenvalue weighted by molar-refractivity contribution is -0.119. The molecule has 1 aromatic heterocycles. The summed E-state index contributed by atoms with van der Waals surface area (Å²) >= 11 is 0. The van der Waals surface area contributed by atoms with Crippen LogP contribution in [0.4, 0.5) is 5.69 Å². The summed E-state index contributed by atoms with van der Waals surface area (Å²) in [5.41, 5.74) is 3.80. The lowest BCUT2D eigenvalue weighted by atomic mass is 10.0. The predicted molar refractivity (Wildman–Crippen MR) is 107 cm³/mol. The van der Waals surface area contributed by atoms with Crippen molar-refractivity contribution in [2.24, 2.45) is 0 Å². The Balaban J connectivity index is 1.62. The van der Waals surface area contributed by atoms with Gasteiger partial charge in [-0.3, -0.25) is 9.59 Å². The molecule has 0 saturated carbocycles. The zero-order valence-corrected chi connectivity index (χ0v) is 15.8. The number of rotatable bonds is 4. The van der Waals surface area contributed by atoms with Gasteiger partial charge < -0.3 is 10.1 Å². The highest BCUT2D eigenvalue weighted by Gasteiger charge is 2.26. The Morgan fingerprint density at radius 2 is 1.89 bits per heavy atom.